The van der Waals surface area contributed by atoms with E-state index < -0.39 is 5.60 Å². The number of carbonyl (C=O) groups excluding carboxylic acids is 1. The minimum atomic E-state index is -0.527. The average molecular weight is 270 g/mol. The minimum absolute atomic E-state index is 0.158. The first-order valence-electron chi connectivity index (χ1n) is 5.86. The molecule has 1 saturated carbocycles. The highest BCUT2D eigenvalue weighted by Crippen LogP contribution is 2.32. The zero-order valence-electron chi connectivity index (χ0n) is 10.7. The van der Waals surface area contributed by atoms with Crippen molar-refractivity contribution < 1.29 is 9.53 Å². The number of ether oxygens (including phenoxy) is 1. The smallest absolute Gasteiger partial charge is 0.416 e. The Bertz CT molecular complexity index is 455. The van der Waals surface area contributed by atoms with Crippen LogP contribution in [0.4, 0.5) is 10.6 Å². The van der Waals surface area contributed by atoms with Gasteiger partial charge in [0.15, 0.2) is 0 Å². The maximum atomic E-state index is 12.2. The van der Waals surface area contributed by atoms with Crippen LogP contribution in [-0.2, 0) is 4.74 Å². The Hall–Kier alpha value is -1.36. The number of anilines is 1. The summed E-state index contributed by atoms with van der Waals surface area (Å²) in [6.07, 6.45) is 2.87. The summed E-state index contributed by atoms with van der Waals surface area (Å²) in [7, 11) is 0. The highest BCUT2D eigenvalue weighted by Gasteiger charge is 2.37. The van der Waals surface area contributed by atoms with Crippen LogP contribution in [0.2, 0.25) is 5.15 Å². The van der Waals surface area contributed by atoms with Gasteiger partial charge in [0, 0.05) is 12.1 Å². The van der Waals surface area contributed by atoms with Gasteiger partial charge in [0.25, 0.3) is 0 Å². The van der Waals surface area contributed by atoms with Crippen molar-refractivity contribution in [2.45, 2.75) is 45.3 Å². The Morgan fingerprint density at radius 1 is 1.44 bits per heavy atom. The summed E-state index contributed by atoms with van der Waals surface area (Å²) in [5.74, 6) is 0.492. The Morgan fingerprint density at radius 3 is 2.61 bits per heavy atom. The van der Waals surface area contributed by atoms with E-state index in [1.807, 2.05) is 20.8 Å². The van der Waals surface area contributed by atoms with Crippen LogP contribution in [0.3, 0.4) is 0 Å². The zero-order chi connectivity index (χ0) is 13.3. The van der Waals surface area contributed by atoms with Crippen LogP contribution in [0.5, 0.6) is 0 Å². The van der Waals surface area contributed by atoms with Gasteiger partial charge in [0.1, 0.15) is 22.9 Å². The summed E-state index contributed by atoms with van der Waals surface area (Å²) in [5.41, 5.74) is -0.527. The van der Waals surface area contributed by atoms with Crippen LogP contribution in [0, 0.1) is 0 Å². The lowest BCUT2D eigenvalue weighted by Gasteiger charge is -2.26. The lowest BCUT2D eigenvalue weighted by molar-refractivity contribution is 0.0576. The molecule has 6 heteroatoms. The van der Waals surface area contributed by atoms with Crippen molar-refractivity contribution >= 4 is 23.5 Å². The molecule has 0 N–H and O–H groups in total. The monoisotopic (exact) mass is 269 g/mol. The maximum absolute atomic E-state index is 12.2. The van der Waals surface area contributed by atoms with Gasteiger partial charge in [0.2, 0.25) is 0 Å². The summed E-state index contributed by atoms with van der Waals surface area (Å²) < 4.78 is 5.38. The van der Waals surface area contributed by atoms with Gasteiger partial charge in [-0.1, -0.05) is 11.6 Å². The van der Waals surface area contributed by atoms with Gasteiger partial charge in [-0.3, -0.25) is 4.90 Å². The average Bonchev–Trinajstić information content (AvgIpc) is 2.99. The first-order chi connectivity index (χ1) is 8.37. The minimum Gasteiger partial charge on any atom is -0.443 e. The predicted molar refractivity (Wildman–Crippen MR) is 68.8 cm³/mol. The number of halogens is 1. The fourth-order valence-electron chi connectivity index (χ4n) is 1.53. The third-order valence-corrected chi connectivity index (χ3v) is 2.58. The molecule has 0 atom stereocenters. The Balaban J connectivity index is 2.21. The van der Waals surface area contributed by atoms with Gasteiger partial charge in [-0.15, -0.1) is 0 Å². The standard InChI is InChI=1S/C12H16ClN3O2/c1-12(2,3)18-11(17)16(8-4-5-8)10-6-9(13)14-7-15-10/h6-8H,4-5H2,1-3H3. The SMILES string of the molecule is CC(C)(C)OC(=O)N(c1cc(Cl)ncn1)C1CC1. The Labute approximate surface area is 111 Å². The molecule has 0 aliphatic heterocycles. The molecule has 1 aliphatic carbocycles. The number of amides is 1. The third-order valence-electron chi connectivity index (χ3n) is 2.37. The lowest BCUT2D eigenvalue weighted by atomic mass is 10.2. The van der Waals surface area contributed by atoms with E-state index in [2.05, 4.69) is 9.97 Å². The summed E-state index contributed by atoms with van der Waals surface area (Å²) in [6.45, 7) is 5.51. The highest BCUT2D eigenvalue weighted by molar-refractivity contribution is 6.29. The second-order valence-electron chi connectivity index (χ2n) is 5.28. The van der Waals surface area contributed by atoms with E-state index in [1.165, 1.54) is 6.33 Å². The molecule has 1 fully saturated rings. The van der Waals surface area contributed by atoms with Crippen molar-refractivity contribution in [2.24, 2.45) is 0 Å². The molecule has 0 unspecified atom stereocenters. The second-order valence-corrected chi connectivity index (χ2v) is 5.67. The molecule has 0 bridgehead atoms. The van der Waals surface area contributed by atoms with Crippen LogP contribution >= 0.6 is 11.6 Å². The molecule has 1 aromatic rings. The number of hydrogen-bond acceptors (Lipinski definition) is 4. The number of hydrogen-bond donors (Lipinski definition) is 0. The van der Waals surface area contributed by atoms with E-state index >= 15 is 0 Å². The zero-order valence-corrected chi connectivity index (χ0v) is 11.4. The third kappa shape index (κ3) is 3.32. The number of aromatic nitrogens is 2. The van der Waals surface area contributed by atoms with Crippen LogP contribution in [0.1, 0.15) is 33.6 Å². The molecular weight excluding hydrogens is 254 g/mol. The van der Waals surface area contributed by atoms with E-state index in [4.69, 9.17) is 16.3 Å². The second kappa shape index (κ2) is 4.72. The number of carbonyl (C=O) groups is 1. The quantitative estimate of drug-likeness (QED) is 0.775. The highest BCUT2D eigenvalue weighted by atomic mass is 35.5. The van der Waals surface area contributed by atoms with Crippen molar-refractivity contribution in [3.05, 3.63) is 17.5 Å². The van der Waals surface area contributed by atoms with Crippen LogP contribution in [-0.4, -0.2) is 27.7 Å². The molecule has 2 rings (SSSR count). The fourth-order valence-corrected chi connectivity index (χ4v) is 1.67. The normalized spacial score (nSPS) is 15.3. The number of nitrogens with zero attached hydrogens (tertiary/aromatic N) is 3. The van der Waals surface area contributed by atoms with Crippen LogP contribution in [0.25, 0.3) is 0 Å². The van der Waals surface area contributed by atoms with Crippen molar-refractivity contribution in [1.82, 2.24) is 9.97 Å². The fraction of sp³-hybridized carbons (Fsp3) is 0.583. The summed E-state index contributed by atoms with van der Waals surface area (Å²) in [6, 6.07) is 1.73. The van der Waals surface area contributed by atoms with E-state index in [1.54, 1.807) is 11.0 Å². The van der Waals surface area contributed by atoms with Crippen LogP contribution < -0.4 is 4.90 Å². The van der Waals surface area contributed by atoms with E-state index in [9.17, 15) is 4.79 Å². The van der Waals surface area contributed by atoms with E-state index in [-0.39, 0.29) is 12.1 Å². The molecule has 18 heavy (non-hydrogen) atoms. The van der Waals surface area contributed by atoms with Crippen molar-refractivity contribution in [2.75, 3.05) is 4.90 Å². The largest absolute Gasteiger partial charge is 0.443 e. The Morgan fingerprint density at radius 2 is 2.11 bits per heavy atom. The van der Waals surface area contributed by atoms with Crippen molar-refractivity contribution in [3.8, 4) is 0 Å². The van der Waals surface area contributed by atoms with Gasteiger partial charge in [-0.25, -0.2) is 14.8 Å². The lowest BCUT2D eigenvalue weighted by Crippen LogP contribution is -2.38. The Kier molecular flexibility index (Phi) is 3.43. The molecule has 0 saturated heterocycles. The first kappa shape index (κ1) is 13.1. The van der Waals surface area contributed by atoms with Gasteiger partial charge in [0.05, 0.1) is 0 Å². The molecule has 0 aromatic carbocycles. The van der Waals surface area contributed by atoms with Crippen molar-refractivity contribution in [3.63, 3.8) is 0 Å². The van der Waals surface area contributed by atoms with Gasteiger partial charge in [-0.2, -0.15) is 0 Å². The number of rotatable bonds is 2. The molecule has 1 amide bonds. The molecule has 0 spiro atoms. The van der Waals surface area contributed by atoms with Gasteiger partial charge >= 0.3 is 6.09 Å². The van der Waals surface area contributed by atoms with Gasteiger partial charge < -0.3 is 4.74 Å². The molecular formula is C12H16ClN3O2. The van der Waals surface area contributed by atoms with Crippen molar-refractivity contribution in [1.29, 1.82) is 0 Å². The van der Waals surface area contributed by atoms with Gasteiger partial charge in [-0.05, 0) is 33.6 Å². The molecule has 1 heterocycles. The topological polar surface area (TPSA) is 55.3 Å². The van der Waals surface area contributed by atoms with Crippen LogP contribution in [0.15, 0.2) is 12.4 Å². The predicted octanol–water partition coefficient (Wildman–Crippen LogP) is 3.03. The summed E-state index contributed by atoms with van der Waals surface area (Å²) >= 11 is 5.82. The molecule has 98 valence electrons. The molecule has 5 nitrogen and oxygen atoms in total. The molecule has 0 radical (unpaired) electrons. The molecule has 1 aromatic heterocycles. The molecule has 1 aliphatic rings. The first-order valence-corrected chi connectivity index (χ1v) is 6.24. The summed E-state index contributed by atoms with van der Waals surface area (Å²) in [5, 5.41) is 0.314. The maximum Gasteiger partial charge on any atom is 0.416 e. The van der Waals surface area contributed by atoms with E-state index in [0.717, 1.165) is 12.8 Å². The summed E-state index contributed by atoms with van der Waals surface area (Å²) in [4.78, 5) is 21.6. The van der Waals surface area contributed by atoms with E-state index in [0.29, 0.717) is 11.0 Å².